The van der Waals surface area contributed by atoms with E-state index in [9.17, 15) is 15.0 Å². The van der Waals surface area contributed by atoms with Crippen LogP contribution in [0.3, 0.4) is 0 Å². The van der Waals surface area contributed by atoms with Crippen LogP contribution in [0.1, 0.15) is 15.9 Å². The largest absolute Gasteiger partial charge is 0.504 e. The predicted octanol–water partition coefficient (Wildman–Crippen LogP) is 2.13. The first-order chi connectivity index (χ1) is 9.58. The maximum Gasteiger partial charge on any atom is 0.254 e. The highest BCUT2D eigenvalue weighted by Crippen LogP contribution is 2.24. The third-order valence-electron chi connectivity index (χ3n) is 2.80. The minimum atomic E-state index is -0.241. The number of phenolic OH excluding ortho intramolecular Hbond substituents is 2. The highest BCUT2D eigenvalue weighted by molar-refractivity contribution is 7.71. The third-order valence-corrected chi connectivity index (χ3v) is 3.14. The van der Waals surface area contributed by atoms with Crippen molar-refractivity contribution in [1.82, 2.24) is 10.3 Å². The van der Waals surface area contributed by atoms with Crippen LogP contribution in [-0.2, 0) is 6.42 Å². The summed E-state index contributed by atoms with van der Waals surface area (Å²) in [5.74, 6) is -0.567. The van der Waals surface area contributed by atoms with E-state index < -0.39 is 0 Å². The second-order valence-electron chi connectivity index (χ2n) is 4.24. The van der Waals surface area contributed by atoms with Crippen molar-refractivity contribution >= 4 is 18.1 Å². The summed E-state index contributed by atoms with van der Waals surface area (Å²) in [6.45, 7) is 0.409. The molecule has 20 heavy (non-hydrogen) atoms. The molecule has 2 rings (SSSR count). The fourth-order valence-electron chi connectivity index (χ4n) is 1.74. The summed E-state index contributed by atoms with van der Waals surface area (Å²) in [6, 6.07) is 7.94. The van der Waals surface area contributed by atoms with Crippen LogP contribution in [0.15, 0.2) is 36.5 Å². The summed E-state index contributed by atoms with van der Waals surface area (Å²) >= 11 is 5.03. The Morgan fingerprint density at radius 2 is 2.05 bits per heavy atom. The number of pyridine rings is 1. The number of benzene rings is 1. The van der Waals surface area contributed by atoms with Crippen LogP contribution in [-0.4, -0.2) is 27.6 Å². The average Bonchev–Trinajstić information content (AvgIpc) is 2.43. The minimum Gasteiger partial charge on any atom is -0.504 e. The van der Waals surface area contributed by atoms with Gasteiger partial charge in [0.25, 0.3) is 5.91 Å². The molecule has 1 heterocycles. The smallest absolute Gasteiger partial charge is 0.254 e. The van der Waals surface area contributed by atoms with Crippen LogP contribution >= 0.6 is 12.2 Å². The van der Waals surface area contributed by atoms with Gasteiger partial charge in [0.2, 0.25) is 0 Å². The number of aromatic hydroxyl groups is 2. The molecule has 0 aliphatic heterocycles. The zero-order valence-electron chi connectivity index (χ0n) is 10.6. The SMILES string of the molecule is O=C(NCCc1ccc(O)c(O)c1)c1ccc[nH]c1=S. The Kier molecular flexibility index (Phi) is 4.37. The van der Waals surface area contributed by atoms with Gasteiger partial charge in [-0.05, 0) is 36.2 Å². The molecule has 0 atom stereocenters. The van der Waals surface area contributed by atoms with Gasteiger partial charge in [0.05, 0.1) is 5.56 Å². The summed E-state index contributed by atoms with van der Waals surface area (Å²) in [5.41, 5.74) is 1.25. The molecule has 4 N–H and O–H groups in total. The zero-order chi connectivity index (χ0) is 14.5. The van der Waals surface area contributed by atoms with E-state index in [0.29, 0.717) is 23.2 Å². The average molecular weight is 290 g/mol. The summed E-state index contributed by atoms with van der Waals surface area (Å²) in [4.78, 5) is 14.7. The molecule has 0 unspecified atom stereocenters. The van der Waals surface area contributed by atoms with Crippen molar-refractivity contribution in [3.05, 3.63) is 52.3 Å². The fraction of sp³-hybridized carbons (Fsp3) is 0.143. The van der Waals surface area contributed by atoms with Crippen molar-refractivity contribution in [3.63, 3.8) is 0 Å². The molecular weight excluding hydrogens is 276 g/mol. The lowest BCUT2D eigenvalue weighted by molar-refractivity contribution is 0.0953. The zero-order valence-corrected chi connectivity index (χ0v) is 11.4. The molecule has 0 aliphatic rings. The quantitative estimate of drug-likeness (QED) is 0.513. The Balaban J connectivity index is 1.93. The van der Waals surface area contributed by atoms with Crippen molar-refractivity contribution in [3.8, 4) is 11.5 Å². The van der Waals surface area contributed by atoms with Crippen molar-refractivity contribution in [2.75, 3.05) is 6.54 Å². The van der Waals surface area contributed by atoms with E-state index >= 15 is 0 Å². The highest BCUT2D eigenvalue weighted by Gasteiger charge is 2.07. The molecule has 2 aromatic rings. The van der Waals surface area contributed by atoms with Gasteiger partial charge in [-0.2, -0.15) is 0 Å². The third kappa shape index (κ3) is 3.36. The van der Waals surface area contributed by atoms with Crippen LogP contribution in [0.2, 0.25) is 0 Å². The monoisotopic (exact) mass is 290 g/mol. The molecule has 104 valence electrons. The predicted molar refractivity (Wildman–Crippen MR) is 77.4 cm³/mol. The van der Waals surface area contributed by atoms with E-state index in [2.05, 4.69) is 10.3 Å². The van der Waals surface area contributed by atoms with E-state index in [1.54, 1.807) is 24.4 Å². The number of hydrogen-bond donors (Lipinski definition) is 4. The van der Waals surface area contributed by atoms with Crippen LogP contribution in [0.25, 0.3) is 0 Å². The van der Waals surface area contributed by atoms with Gasteiger partial charge in [0.15, 0.2) is 11.5 Å². The van der Waals surface area contributed by atoms with Crippen molar-refractivity contribution in [2.45, 2.75) is 6.42 Å². The molecule has 5 nitrogen and oxygen atoms in total. The van der Waals surface area contributed by atoms with Gasteiger partial charge in [0, 0.05) is 12.7 Å². The Labute approximate surface area is 120 Å². The minimum absolute atomic E-state index is 0.159. The van der Waals surface area contributed by atoms with Crippen LogP contribution < -0.4 is 5.32 Å². The second-order valence-corrected chi connectivity index (χ2v) is 4.65. The number of phenols is 2. The van der Waals surface area contributed by atoms with Gasteiger partial charge in [-0.3, -0.25) is 4.79 Å². The topological polar surface area (TPSA) is 85.3 Å². The van der Waals surface area contributed by atoms with Crippen LogP contribution in [0, 0.1) is 4.64 Å². The number of carbonyl (C=O) groups is 1. The fourth-order valence-corrected chi connectivity index (χ4v) is 1.97. The Bertz CT molecular complexity index is 682. The van der Waals surface area contributed by atoms with Crippen molar-refractivity contribution in [1.29, 1.82) is 0 Å². The first-order valence-electron chi connectivity index (χ1n) is 6.04. The van der Waals surface area contributed by atoms with Gasteiger partial charge in [-0.15, -0.1) is 0 Å². The molecule has 0 fully saturated rings. The number of nitrogens with one attached hydrogen (secondary N) is 2. The Hall–Kier alpha value is -2.34. The summed E-state index contributed by atoms with van der Waals surface area (Å²) < 4.78 is 0.396. The number of amides is 1. The van der Waals surface area contributed by atoms with Gasteiger partial charge < -0.3 is 20.5 Å². The lowest BCUT2D eigenvalue weighted by atomic mass is 10.1. The maximum atomic E-state index is 11.9. The number of H-pyrrole nitrogens is 1. The van der Waals surface area contributed by atoms with Gasteiger partial charge in [-0.25, -0.2) is 0 Å². The molecule has 0 spiro atoms. The summed E-state index contributed by atoms with van der Waals surface area (Å²) in [5, 5.41) is 21.3. The number of hydrogen-bond acceptors (Lipinski definition) is 4. The normalized spacial score (nSPS) is 10.2. The first kappa shape index (κ1) is 14.1. The van der Waals surface area contributed by atoms with Gasteiger partial charge in [-0.1, -0.05) is 18.3 Å². The van der Waals surface area contributed by atoms with Crippen LogP contribution in [0.5, 0.6) is 11.5 Å². The molecule has 0 radical (unpaired) electrons. The van der Waals surface area contributed by atoms with Gasteiger partial charge in [0.1, 0.15) is 4.64 Å². The number of aromatic nitrogens is 1. The molecule has 0 aliphatic carbocycles. The van der Waals surface area contributed by atoms with Crippen molar-refractivity contribution < 1.29 is 15.0 Å². The standard InChI is InChI=1S/C14H14N2O3S/c17-11-4-3-9(8-12(11)18)5-7-15-13(19)10-2-1-6-16-14(10)20/h1-4,6,8,17-18H,5,7H2,(H,15,19)(H,16,20). The molecule has 1 aromatic carbocycles. The Morgan fingerprint density at radius 1 is 1.25 bits per heavy atom. The summed E-state index contributed by atoms with van der Waals surface area (Å²) in [7, 11) is 0. The number of carbonyl (C=O) groups excluding carboxylic acids is 1. The van der Waals surface area contributed by atoms with Crippen molar-refractivity contribution in [2.24, 2.45) is 0 Å². The summed E-state index contributed by atoms with van der Waals surface area (Å²) in [6.07, 6.45) is 2.21. The molecule has 6 heteroatoms. The lowest BCUT2D eigenvalue weighted by Crippen LogP contribution is -2.26. The number of rotatable bonds is 4. The molecule has 0 saturated heterocycles. The second kappa shape index (κ2) is 6.21. The maximum absolute atomic E-state index is 11.9. The van der Waals surface area contributed by atoms with E-state index in [4.69, 9.17) is 12.2 Å². The first-order valence-corrected chi connectivity index (χ1v) is 6.45. The van der Waals surface area contributed by atoms with E-state index in [1.165, 1.54) is 12.1 Å². The highest BCUT2D eigenvalue weighted by atomic mass is 32.1. The molecule has 1 aromatic heterocycles. The van der Waals surface area contributed by atoms with E-state index in [0.717, 1.165) is 5.56 Å². The molecule has 1 amide bonds. The number of aromatic amines is 1. The van der Waals surface area contributed by atoms with Crippen LogP contribution in [0.4, 0.5) is 0 Å². The lowest BCUT2D eigenvalue weighted by Gasteiger charge is -2.06. The van der Waals surface area contributed by atoms with E-state index in [-0.39, 0.29) is 17.4 Å². The van der Waals surface area contributed by atoms with E-state index in [1.807, 2.05) is 0 Å². The van der Waals surface area contributed by atoms with Gasteiger partial charge >= 0.3 is 0 Å². The molecule has 0 saturated carbocycles. The Morgan fingerprint density at radius 3 is 2.75 bits per heavy atom. The molecular formula is C14H14N2O3S. The molecule has 0 bridgehead atoms.